The zero-order valence-electron chi connectivity index (χ0n) is 8.33. The number of halogens is 6. The summed E-state index contributed by atoms with van der Waals surface area (Å²) in [5.74, 6) is -4.92. The molecule has 92 valence electrons. The van der Waals surface area contributed by atoms with Gasteiger partial charge in [-0.2, -0.15) is 22.0 Å². The molecule has 1 aromatic heterocycles. The monoisotopic (exact) mass is 278 g/mol. The van der Waals surface area contributed by atoms with Crippen molar-refractivity contribution in [3.63, 3.8) is 0 Å². The van der Waals surface area contributed by atoms with E-state index >= 15 is 0 Å². The fourth-order valence-corrected chi connectivity index (χ4v) is 2.70. The SMILES string of the molecule is Cc1cc(C)c(C(Cl)C(F)(F)C(F)(F)F)s1. The van der Waals surface area contributed by atoms with E-state index < -0.39 is 17.5 Å². The molecule has 0 aliphatic carbocycles. The minimum atomic E-state index is -5.64. The molecular formula is C9H8ClF5S. The summed E-state index contributed by atoms with van der Waals surface area (Å²) in [4.78, 5) is 0.512. The lowest BCUT2D eigenvalue weighted by molar-refractivity contribution is -0.283. The van der Waals surface area contributed by atoms with Gasteiger partial charge >= 0.3 is 12.1 Å². The van der Waals surface area contributed by atoms with Crippen molar-refractivity contribution in [2.45, 2.75) is 31.3 Å². The van der Waals surface area contributed by atoms with Crippen molar-refractivity contribution in [1.82, 2.24) is 0 Å². The van der Waals surface area contributed by atoms with Gasteiger partial charge in [0, 0.05) is 9.75 Å². The van der Waals surface area contributed by atoms with Gasteiger partial charge < -0.3 is 0 Å². The van der Waals surface area contributed by atoms with Crippen LogP contribution in [0.3, 0.4) is 0 Å². The van der Waals surface area contributed by atoms with Gasteiger partial charge in [0.25, 0.3) is 0 Å². The molecule has 16 heavy (non-hydrogen) atoms. The molecule has 0 fully saturated rings. The van der Waals surface area contributed by atoms with E-state index in [-0.39, 0.29) is 4.88 Å². The highest BCUT2D eigenvalue weighted by Gasteiger charge is 2.62. The van der Waals surface area contributed by atoms with Gasteiger partial charge in [0.05, 0.1) is 0 Å². The van der Waals surface area contributed by atoms with Crippen molar-refractivity contribution < 1.29 is 22.0 Å². The Morgan fingerprint density at radius 2 is 1.69 bits per heavy atom. The number of aryl methyl sites for hydroxylation is 2. The highest BCUT2D eigenvalue weighted by molar-refractivity contribution is 7.12. The van der Waals surface area contributed by atoms with E-state index in [0.717, 1.165) is 11.3 Å². The molecule has 0 aliphatic rings. The van der Waals surface area contributed by atoms with Gasteiger partial charge in [-0.25, -0.2) is 0 Å². The Morgan fingerprint density at radius 1 is 1.19 bits per heavy atom. The van der Waals surface area contributed by atoms with E-state index in [1.807, 2.05) is 0 Å². The molecule has 0 spiro atoms. The highest BCUT2D eigenvalue weighted by atomic mass is 35.5. The molecule has 0 aliphatic heterocycles. The summed E-state index contributed by atoms with van der Waals surface area (Å²) in [6, 6.07) is 1.53. The summed E-state index contributed by atoms with van der Waals surface area (Å²) < 4.78 is 62.1. The highest BCUT2D eigenvalue weighted by Crippen LogP contribution is 2.50. The Kier molecular flexibility index (Phi) is 3.55. The fraction of sp³-hybridized carbons (Fsp3) is 0.556. The van der Waals surface area contributed by atoms with Crippen LogP contribution in [0.5, 0.6) is 0 Å². The normalized spacial score (nSPS) is 15.2. The molecule has 1 rings (SSSR count). The first-order chi connectivity index (χ1) is 7.07. The molecule has 1 unspecified atom stereocenters. The van der Waals surface area contributed by atoms with Crippen molar-refractivity contribution in [3.05, 3.63) is 21.4 Å². The van der Waals surface area contributed by atoms with Crippen molar-refractivity contribution in [2.24, 2.45) is 0 Å². The minimum absolute atomic E-state index is 0.138. The van der Waals surface area contributed by atoms with Crippen LogP contribution in [0.2, 0.25) is 0 Å². The predicted molar refractivity (Wildman–Crippen MR) is 53.4 cm³/mol. The van der Waals surface area contributed by atoms with Gasteiger partial charge in [0.2, 0.25) is 0 Å². The van der Waals surface area contributed by atoms with E-state index in [4.69, 9.17) is 11.6 Å². The van der Waals surface area contributed by atoms with Crippen LogP contribution in [0.15, 0.2) is 6.07 Å². The summed E-state index contributed by atoms with van der Waals surface area (Å²) in [7, 11) is 0. The lowest BCUT2D eigenvalue weighted by Gasteiger charge is -2.24. The van der Waals surface area contributed by atoms with Crippen molar-refractivity contribution in [1.29, 1.82) is 0 Å². The second-order valence-corrected chi connectivity index (χ2v) is 5.11. The molecular weight excluding hydrogens is 271 g/mol. The van der Waals surface area contributed by atoms with Crippen LogP contribution in [-0.2, 0) is 0 Å². The zero-order chi connectivity index (χ0) is 12.7. The first-order valence-electron chi connectivity index (χ1n) is 4.23. The molecule has 0 amide bonds. The third-order valence-corrected chi connectivity index (χ3v) is 3.84. The number of hydrogen-bond donors (Lipinski definition) is 0. The van der Waals surface area contributed by atoms with Gasteiger partial charge in [-0.1, -0.05) is 0 Å². The Labute approximate surface area is 98.0 Å². The minimum Gasteiger partial charge on any atom is -0.194 e. The molecule has 0 radical (unpaired) electrons. The molecule has 1 heterocycles. The van der Waals surface area contributed by atoms with Crippen LogP contribution in [0.4, 0.5) is 22.0 Å². The van der Waals surface area contributed by atoms with Crippen LogP contribution < -0.4 is 0 Å². The Bertz CT molecular complexity index is 382. The van der Waals surface area contributed by atoms with Crippen LogP contribution in [0.1, 0.15) is 20.7 Å². The largest absolute Gasteiger partial charge is 0.455 e. The lowest BCUT2D eigenvalue weighted by atomic mass is 10.1. The Hall–Kier alpha value is -0.360. The van der Waals surface area contributed by atoms with Crippen molar-refractivity contribution in [3.8, 4) is 0 Å². The average molecular weight is 279 g/mol. The van der Waals surface area contributed by atoms with Gasteiger partial charge in [-0.15, -0.1) is 22.9 Å². The van der Waals surface area contributed by atoms with Crippen molar-refractivity contribution in [2.75, 3.05) is 0 Å². The third kappa shape index (κ3) is 2.32. The molecule has 1 atom stereocenters. The van der Waals surface area contributed by atoms with E-state index in [9.17, 15) is 22.0 Å². The molecule has 1 aromatic rings. The molecule has 7 heteroatoms. The second kappa shape index (κ2) is 4.14. The molecule has 0 aromatic carbocycles. The van der Waals surface area contributed by atoms with Crippen LogP contribution in [0, 0.1) is 13.8 Å². The number of thiophene rings is 1. The van der Waals surface area contributed by atoms with Gasteiger partial charge in [0.1, 0.15) is 5.38 Å². The smallest absolute Gasteiger partial charge is 0.194 e. The van der Waals surface area contributed by atoms with Crippen molar-refractivity contribution >= 4 is 22.9 Å². The van der Waals surface area contributed by atoms with Gasteiger partial charge in [0.15, 0.2) is 0 Å². The number of rotatable bonds is 2. The Morgan fingerprint density at radius 3 is 2.00 bits per heavy atom. The molecule has 0 saturated carbocycles. The predicted octanol–water partition coefficient (Wildman–Crippen LogP) is 4.84. The molecule has 0 N–H and O–H groups in total. The average Bonchev–Trinajstić information content (AvgIpc) is 2.41. The maximum absolute atomic E-state index is 12.9. The number of alkyl halides is 6. The maximum atomic E-state index is 12.9. The zero-order valence-corrected chi connectivity index (χ0v) is 9.90. The molecule has 0 bridgehead atoms. The summed E-state index contributed by atoms with van der Waals surface area (Å²) in [6.07, 6.45) is -5.64. The Balaban J connectivity index is 3.11. The quantitative estimate of drug-likeness (QED) is 0.536. The van der Waals surface area contributed by atoms with Gasteiger partial charge in [-0.3, -0.25) is 0 Å². The van der Waals surface area contributed by atoms with E-state index in [1.54, 1.807) is 6.92 Å². The maximum Gasteiger partial charge on any atom is 0.455 e. The topological polar surface area (TPSA) is 0 Å². The van der Waals surface area contributed by atoms with Crippen LogP contribution >= 0.6 is 22.9 Å². The summed E-state index contributed by atoms with van der Waals surface area (Å²) >= 11 is 6.10. The summed E-state index contributed by atoms with van der Waals surface area (Å²) in [5.41, 5.74) is 0.353. The van der Waals surface area contributed by atoms with E-state index in [1.165, 1.54) is 13.0 Å². The van der Waals surface area contributed by atoms with Crippen LogP contribution in [-0.4, -0.2) is 12.1 Å². The summed E-state index contributed by atoms with van der Waals surface area (Å²) in [6.45, 7) is 3.08. The standard InChI is InChI=1S/C9H8ClF5S/c1-4-3-5(2)16-6(4)7(10)8(11,12)9(13,14)15/h3,7H,1-2H3. The summed E-state index contributed by atoms with van der Waals surface area (Å²) in [5, 5.41) is -2.37. The second-order valence-electron chi connectivity index (χ2n) is 3.39. The third-order valence-electron chi connectivity index (χ3n) is 2.01. The molecule has 0 saturated heterocycles. The fourth-order valence-electron chi connectivity index (χ4n) is 1.22. The lowest BCUT2D eigenvalue weighted by Crippen LogP contribution is -2.40. The van der Waals surface area contributed by atoms with Gasteiger partial charge in [-0.05, 0) is 25.5 Å². The van der Waals surface area contributed by atoms with E-state index in [2.05, 4.69) is 0 Å². The first-order valence-corrected chi connectivity index (χ1v) is 5.48. The van der Waals surface area contributed by atoms with Crippen LogP contribution in [0.25, 0.3) is 0 Å². The first kappa shape index (κ1) is 13.7. The number of hydrogen-bond acceptors (Lipinski definition) is 1. The molecule has 0 nitrogen and oxygen atoms in total. The van der Waals surface area contributed by atoms with E-state index in [0.29, 0.717) is 10.4 Å².